The molecule has 10 nitrogen and oxygen atoms in total. The summed E-state index contributed by atoms with van der Waals surface area (Å²) in [4.78, 5) is 20.4. The molecule has 0 bridgehead atoms. The molecule has 0 saturated carbocycles. The summed E-state index contributed by atoms with van der Waals surface area (Å²) in [5.41, 5.74) is 0.233. The number of non-ortho nitro benzene ring substituents is 2. The Bertz CT molecular complexity index is 893. The Kier molecular flexibility index (Phi) is 4.33. The zero-order valence-electron chi connectivity index (χ0n) is 12.7. The lowest BCUT2D eigenvalue weighted by Gasteiger charge is -2.00. The molecule has 2 aromatic carbocycles. The highest BCUT2D eigenvalue weighted by Gasteiger charge is 2.20. The van der Waals surface area contributed by atoms with E-state index in [9.17, 15) is 20.2 Å². The monoisotopic (exact) mass is 341 g/mol. The Morgan fingerprint density at radius 2 is 1.60 bits per heavy atom. The fourth-order valence-corrected chi connectivity index (χ4v) is 2.11. The van der Waals surface area contributed by atoms with Crippen LogP contribution in [0.2, 0.25) is 0 Å². The second kappa shape index (κ2) is 6.74. The summed E-state index contributed by atoms with van der Waals surface area (Å²) in [5, 5.41) is 32.3. The van der Waals surface area contributed by atoms with Crippen LogP contribution in [0.4, 0.5) is 17.4 Å². The van der Waals surface area contributed by atoms with Crippen LogP contribution in [0.3, 0.4) is 0 Å². The molecule has 0 aliphatic heterocycles. The van der Waals surface area contributed by atoms with E-state index in [0.717, 1.165) is 23.8 Å². The molecule has 1 heterocycles. The van der Waals surface area contributed by atoms with Gasteiger partial charge in [0.15, 0.2) is 0 Å². The molecule has 0 fully saturated rings. The van der Waals surface area contributed by atoms with Gasteiger partial charge in [-0.25, -0.2) is 0 Å². The first kappa shape index (κ1) is 16.1. The first-order valence-electron chi connectivity index (χ1n) is 7.08. The summed E-state index contributed by atoms with van der Waals surface area (Å²) in [6, 6.07) is 12.7. The molecule has 10 heteroatoms. The number of nitrogens with one attached hydrogen (secondary N) is 1. The van der Waals surface area contributed by atoms with Crippen molar-refractivity contribution in [3.63, 3.8) is 0 Å². The minimum absolute atomic E-state index is 0.0534. The van der Waals surface area contributed by atoms with E-state index in [0.29, 0.717) is 6.54 Å². The van der Waals surface area contributed by atoms with E-state index in [2.05, 4.69) is 15.5 Å². The van der Waals surface area contributed by atoms with Gasteiger partial charge in [-0.15, -0.1) is 5.10 Å². The largest absolute Gasteiger partial charge is 0.403 e. The van der Waals surface area contributed by atoms with Crippen LogP contribution in [0.5, 0.6) is 0 Å². The van der Waals surface area contributed by atoms with Gasteiger partial charge < -0.3 is 9.73 Å². The van der Waals surface area contributed by atoms with Gasteiger partial charge in [0.2, 0.25) is 5.89 Å². The first-order valence-corrected chi connectivity index (χ1v) is 7.08. The van der Waals surface area contributed by atoms with Gasteiger partial charge in [-0.3, -0.25) is 20.2 Å². The van der Waals surface area contributed by atoms with Crippen LogP contribution < -0.4 is 5.32 Å². The lowest BCUT2D eigenvalue weighted by atomic mass is 10.2. The van der Waals surface area contributed by atoms with Crippen molar-refractivity contribution >= 4 is 17.4 Å². The Morgan fingerprint density at radius 1 is 0.960 bits per heavy atom. The lowest BCUT2D eigenvalue weighted by molar-refractivity contribution is -0.394. The predicted octanol–water partition coefficient (Wildman–Crippen LogP) is 3.17. The predicted molar refractivity (Wildman–Crippen MR) is 86.8 cm³/mol. The highest BCUT2D eigenvalue weighted by molar-refractivity contribution is 5.63. The quantitative estimate of drug-likeness (QED) is 0.533. The SMILES string of the molecule is O=[N+]([O-])c1cc(-c2nnc(NCc3ccccc3)o2)cc([N+](=O)[O-])c1. The number of aromatic nitrogens is 2. The molecule has 0 atom stereocenters. The third-order valence-electron chi connectivity index (χ3n) is 3.28. The number of rotatable bonds is 6. The van der Waals surface area contributed by atoms with Gasteiger partial charge in [-0.1, -0.05) is 35.4 Å². The average Bonchev–Trinajstić information content (AvgIpc) is 3.09. The van der Waals surface area contributed by atoms with Gasteiger partial charge >= 0.3 is 6.01 Å². The molecule has 25 heavy (non-hydrogen) atoms. The summed E-state index contributed by atoms with van der Waals surface area (Å²) in [6.07, 6.45) is 0. The summed E-state index contributed by atoms with van der Waals surface area (Å²) >= 11 is 0. The smallest absolute Gasteiger partial charge is 0.316 e. The normalized spacial score (nSPS) is 10.4. The van der Waals surface area contributed by atoms with Crippen molar-refractivity contribution in [3.05, 3.63) is 74.3 Å². The van der Waals surface area contributed by atoms with Crippen molar-refractivity contribution in [2.45, 2.75) is 6.54 Å². The molecule has 0 radical (unpaired) electrons. The van der Waals surface area contributed by atoms with Gasteiger partial charge in [-0.05, 0) is 5.56 Å². The minimum Gasteiger partial charge on any atom is -0.403 e. The maximum atomic E-state index is 10.9. The molecule has 0 spiro atoms. The average molecular weight is 341 g/mol. The van der Waals surface area contributed by atoms with E-state index < -0.39 is 21.2 Å². The number of hydrogen-bond donors (Lipinski definition) is 1. The molecule has 3 rings (SSSR count). The zero-order chi connectivity index (χ0) is 17.8. The summed E-state index contributed by atoms with van der Waals surface area (Å²) in [6.45, 7) is 0.442. The second-order valence-electron chi connectivity index (χ2n) is 5.00. The Hall–Kier alpha value is -3.82. The zero-order valence-corrected chi connectivity index (χ0v) is 12.7. The van der Waals surface area contributed by atoms with Gasteiger partial charge in [0.05, 0.1) is 21.5 Å². The van der Waals surface area contributed by atoms with E-state index in [1.54, 1.807) is 0 Å². The van der Waals surface area contributed by atoms with Crippen LogP contribution in [0.1, 0.15) is 5.56 Å². The van der Waals surface area contributed by atoms with Crippen LogP contribution >= 0.6 is 0 Å². The van der Waals surface area contributed by atoms with Gasteiger partial charge in [0.25, 0.3) is 11.4 Å². The fraction of sp³-hybridized carbons (Fsp3) is 0.0667. The number of nitrogens with zero attached hydrogens (tertiary/aromatic N) is 4. The van der Waals surface area contributed by atoms with Crippen molar-refractivity contribution in [2.75, 3.05) is 5.32 Å². The Morgan fingerprint density at radius 3 is 2.20 bits per heavy atom. The molecule has 1 aromatic heterocycles. The van der Waals surface area contributed by atoms with Crippen LogP contribution in [0.25, 0.3) is 11.5 Å². The standard InChI is InChI=1S/C15H11N5O5/c21-19(22)12-6-11(7-13(8-12)20(23)24)14-17-18-15(25-14)16-9-10-4-2-1-3-5-10/h1-8H,9H2,(H,16,18). The van der Waals surface area contributed by atoms with Gasteiger partial charge in [0.1, 0.15) is 0 Å². The molecule has 0 saturated heterocycles. The number of nitro benzene ring substituents is 2. The third-order valence-corrected chi connectivity index (χ3v) is 3.28. The maximum Gasteiger partial charge on any atom is 0.316 e. The summed E-state index contributed by atoms with van der Waals surface area (Å²) < 4.78 is 5.38. The van der Waals surface area contributed by atoms with Crippen molar-refractivity contribution in [1.29, 1.82) is 0 Å². The molecule has 0 unspecified atom stereocenters. The van der Waals surface area contributed by atoms with Crippen LogP contribution in [-0.4, -0.2) is 20.0 Å². The van der Waals surface area contributed by atoms with E-state index in [-0.39, 0.29) is 17.5 Å². The molecule has 0 amide bonds. The van der Waals surface area contributed by atoms with Crippen molar-refractivity contribution < 1.29 is 14.3 Å². The van der Waals surface area contributed by atoms with E-state index >= 15 is 0 Å². The third kappa shape index (κ3) is 3.75. The number of anilines is 1. The fourth-order valence-electron chi connectivity index (χ4n) is 2.11. The minimum atomic E-state index is -0.721. The maximum absolute atomic E-state index is 10.9. The van der Waals surface area contributed by atoms with Crippen LogP contribution in [0, 0.1) is 20.2 Å². The molecular formula is C15H11N5O5. The first-order chi connectivity index (χ1) is 12.0. The molecule has 126 valence electrons. The van der Waals surface area contributed by atoms with Crippen molar-refractivity contribution in [3.8, 4) is 11.5 Å². The molecule has 1 N–H and O–H groups in total. The molecule has 0 aliphatic carbocycles. The van der Waals surface area contributed by atoms with Crippen LogP contribution in [-0.2, 0) is 6.54 Å². The molecule has 3 aromatic rings. The number of hydrogen-bond acceptors (Lipinski definition) is 8. The lowest BCUT2D eigenvalue weighted by Crippen LogP contribution is -1.98. The molecular weight excluding hydrogens is 330 g/mol. The number of nitro groups is 2. The number of benzene rings is 2. The Balaban J connectivity index is 1.84. The topological polar surface area (TPSA) is 137 Å². The van der Waals surface area contributed by atoms with E-state index in [1.807, 2.05) is 30.3 Å². The van der Waals surface area contributed by atoms with Gasteiger partial charge in [-0.2, -0.15) is 0 Å². The van der Waals surface area contributed by atoms with Crippen LogP contribution in [0.15, 0.2) is 52.9 Å². The van der Waals surface area contributed by atoms with Gasteiger partial charge in [0, 0.05) is 18.7 Å². The second-order valence-corrected chi connectivity index (χ2v) is 5.00. The molecule has 0 aliphatic rings. The summed E-state index contributed by atoms with van der Waals surface area (Å²) in [7, 11) is 0. The van der Waals surface area contributed by atoms with E-state index in [1.165, 1.54) is 0 Å². The van der Waals surface area contributed by atoms with Crippen molar-refractivity contribution in [1.82, 2.24) is 10.2 Å². The van der Waals surface area contributed by atoms with E-state index in [4.69, 9.17) is 4.42 Å². The summed E-state index contributed by atoms with van der Waals surface area (Å²) in [5.74, 6) is -0.0534. The Labute approximate surface area is 140 Å². The highest BCUT2D eigenvalue weighted by atomic mass is 16.6. The highest BCUT2D eigenvalue weighted by Crippen LogP contribution is 2.29. The van der Waals surface area contributed by atoms with Crippen molar-refractivity contribution in [2.24, 2.45) is 0 Å².